The molecule has 0 radical (unpaired) electrons. The molecule has 1 aliphatic rings. The molecule has 0 heteroatoms. The second-order valence-corrected chi connectivity index (χ2v) is 3.97. The lowest BCUT2D eigenvalue weighted by Gasteiger charge is -2.10. The molecule has 62 valence electrons. The molecule has 0 nitrogen and oxygen atoms in total. The van der Waals surface area contributed by atoms with Gasteiger partial charge in [-0.1, -0.05) is 51.0 Å². The standard InChI is InChI=1S/C11H18/c1-8(2)10-5-6-11(7-10)9(3)4/h5-6,8-9H,7H2,1-4H3. The van der Waals surface area contributed by atoms with Crippen LogP contribution in [-0.4, -0.2) is 0 Å². The fraction of sp³-hybridized carbons (Fsp3) is 0.636. The van der Waals surface area contributed by atoms with Crippen LogP contribution < -0.4 is 0 Å². The molecule has 0 fully saturated rings. The van der Waals surface area contributed by atoms with Crippen molar-refractivity contribution in [2.24, 2.45) is 11.8 Å². The Morgan fingerprint density at radius 2 is 1.27 bits per heavy atom. The van der Waals surface area contributed by atoms with E-state index >= 15 is 0 Å². The first-order chi connectivity index (χ1) is 5.11. The highest BCUT2D eigenvalue weighted by Crippen LogP contribution is 2.29. The molecule has 0 aromatic heterocycles. The summed E-state index contributed by atoms with van der Waals surface area (Å²) in [6.45, 7) is 9.07. The van der Waals surface area contributed by atoms with E-state index in [0.717, 1.165) is 11.8 Å². The zero-order chi connectivity index (χ0) is 8.43. The van der Waals surface area contributed by atoms with Crippen LogP contribution in [0.2, 0.25) is 0 Å². The lowest BCUT2D eigenvalue weighted by Crippen LogP contribution is -1.95. The van der Waals surface area contributed by atoms with Crippen molar-refractivity contribution < 1.29 is 0 Å². The number of allylic oxidation sites excluding steroid dienone is 4. The molecule has 0 unspecified atom stereocenters. The molecule has 0 amide bonds. The first kappa shape index (κ1) is 8.58. The summed E-state index contributed by atoms with van der Waals surface area (Å²) in [4.78, 5) is 0. The van der Waals surface area contributed by atoms with E-state index in [1.54, 1.807) is 11.1 Å². The van der Waals surface area contributed by atoms with Crippen LogP contribution in [0.15, 0.2) is 23.3 Å². The first-order valence-electron chi connectivity index (χ1n) is 4.50. The number of hydrogen-bond acceptors (Lipinski definition) is 0. The van der Waals surface area contributed by atoms with Crippen LogP contribution in [0.3, 0.4) is 0 Å². The van der Waals surface area contributed by atoms with Gasteiger partial charge in [0.05, 0.1) is 0 Å². The Labute approximate surface area is 70.0 Å². The topological polar surface area (TPSA) is 0 Å². The van der Waals surface area contributed by atoms with Gasteiger partial charge in [-0.3, -0.25) is 0 Å². The van der Waals surface area contributed by atoms with Crippen molar-refractivity contribution in [2.45, 2.75) is 34.1 Å². The Bertz CT molecular complexity index is 170. The first-order valence-corrected chi connectivity index (χ1v) is 4.50. The van der Waals surface area contributed by atoms with Crippen LogP contribution in [0.5, 0.6) is 0 Å². The van der Waals surface area contributed by atoms with Crippen LogP contribution in [0.4, 0.5) is 0 Å². The molecular formula is C11H18. The largest absolute Gasteiger partial charge is 0.0636 e. The average Bonchev–Trinajstić information content (AvgIpc) is 2.33. The van der Waals surface area contributed by atoms with Gasteiger partial charge in [-0.25, -0.2) is 0 Å². The van der Waals surface area contributed by atoms with Gasteiger partial charge < -0.3 is 0 Å². The van der Waals surface area contributed by atoms with Crippen molar-refractivity contribution in [1.29, 1.82) is 0 Å². The Kier molecular flexibility index (Phi) is 2.53. The summed E-state index contributed by atoms with van der Waals surface area (Å²) in [5.41, 5.74) is 3.18. The van der Waals surface area contributed by atoms with Crippen LogP contribution in [0.1, 0.15) is 34.1 Å². The van der Waals surface area contributed by atoms with Gasteiger partial charge in [0.25, 0.3) is 0 Å². The van der Waals surface area contributed by atoms with Crippen molar-refractivity contribution in [3.05, 3.63) is 23.3 Å². The number of rotatable bonds is 2. The summed E-state index contributed by atoms with van der Waals surface area (Å²) in [5.74, 6) is 1.45. The third-order valence-electron chi connectivity index (χ3n) is 2.40. The highest BCUT2D eigenvalue weighted by Gasteiger charge is 2.12. The highest BCUT2D eigenvalue weighted by atomic mass is 14.2. The molecule has 0 bridgehead atoms. The second-order valence-electron chi connectivity index (χ2n) is 3.97. The summed E-state index contributed by atoms with van der Waals surface area (Å²) in [7, 11) is 0. The van der Waals surface area contributed by atoms with E-state index in [2.05, 4.69) is 39.8 Å². The molecule has 1 aliphatic carbocycles. The molecule has 0 aliphatic heterocycles. The molecule has 0 heterocycles. The Morgan fingerprint density at radius 1 is 0.909 bits per heavy atom. The minimum Gasteiger partial charge on any atom is -0.0636 e. The molecule has 0 N–H and O–H groups in total. The maximum absolute atomic E-state index is 2.29. The third kappa shape index (κ3) is 1.95. The predicted octanol–water partition coefficient (Wildman–Crippen LogP) is 3.55. The molecule has 0 saturated carbocycles. The lowest BCUT2D eigenvalue weighted by molar-refractivity contribution is 0.696. The lowest BCUT2D eigenvalue weighted by atomic mass is 9.95. The van der Waals surface area contributed by atoms with Crippen molar-refractivity contribution >= 4 is 0 Å². The van der Waals surface area contributed by atoms with Gasteiger partial charge in [0.1, 0.15) is 0 Å². The molecule has 1 rings (SSSR count). The van der Waals surface area contributed by atoms with Gasteiger partial charge in [-0.2, -0.15) is 0 Å². The number of hydrogen-bond donors (Lipinski definition) is 0. The molecule has 0 spiro atoms. The average molecular weight is 150 g/mol. The molecule has 0 saturated heterocycles. The summed E-state index contributed by atoms with van der Waals surface area (Å²) in [6.07, 6.45) is 5.80. The Hall–Kier alpha value is -0.520. The summed E-state index contributed by atoms with van der Waals surface area (Å²) in [6, 6.07) is 0. The fourth-order valence-corrected chi connectivity index (χ4v) is 1.36. The van der Waals surface area contributed by atoms with E-state index in [-0.39, 0.29) is 0 Å². The van der Waals surface area contributed by atoms with Crippen molar-refractivity contribution in [3.63, 3.8) is 0 Å². The van der Waals surface area contributed by atoms with Crippen LogP contribution >= 0.6 is 0 Å². The van der Waals surface area contributed by atoms with Gasteiger partial charge >= 0.3 is 0 Å². The maximum atomic E-state index is 2.29. The summed E-state index contributed by atoms with van der Waals surface area (Å²) < 4.78 is 0. The van der Waals surface area contributed by atoms with Gasteiger partial charge in [0.2, 0.25) is 0 Å². The monoisotopic (exact) mass is 150 g/mol. The third-order valence-corrected chi connectivity index (χ3v) is 2.40. The minimum atomic E-state index is 0.725. The van der Waals surface area contributed by atoms with Crippen LogP contribution in [0.25, 0.3) is 0 Å². The smallest absolute Gasteiger partial charge is 0.00971 e. The van der Waals surface area contributed by atoms with Gasteiger partial charge in [-0.05, 0) is 18.3 Å². The molecule has 0 aromatic rings. The highest BCUT2D eigenvalue weighted by molar-refractivity contribution is 5.32. The van der Waals surface area contributed by atoms with E-state index in [4.69, 9.17) is 0 Å². The predicted molar refractivity (Wildman–Crippen MR) is 50.5 cm³/mol. The van der Waals surface area contributed by atoms with Gasteiger partial charge in [-0.15, -0.1) is 0 Å². The molecule has 0 aromatic carbocycles. The van der Waals surface area contributed by atoms with E-state index in [9.17, 15) is 0 Å². The summed E-state index contributed by atoms with van der Waals surface area (Å²) in [5, 5.41) is 0. The molecule has 11 heavy (non-hydrogen) atoms. The van der Waals surface area contributed by atoms with Gasteiger partial charge in [0.15, 0.2) is 0 Å². The van der Waals surface area contributed by atoms with Crippen molar-refractivity contribution in [2.75, 3.05) is 0 Å². The molecular weight excluding hydrogens is 132 g/mol. The van der Waals surface area contributed by atoms with Crippen LogP contribution in [0, 0.1) is 11.8 Å². The Balaban J connectivity index is 2.52. The Morgan fingerprint density at radius 3 is 1.45 bits per heavy atom. The van der Waals surface area contributed by atoms with Crippen LogP contribution in [-0.2, 0) is 0 Å². The van der Waals surface area contributed by atoms with E-state index in [1.165, 1.54) is 6.42 Å². The zero-order valence-electron chi connectivity index (χ0n) is 8.02. The van der Waals surface area contributed by atoms with Gasteiger partial charge in [0, 0.05) is 0 Å². The van der Waals surface area contributed by atoms with E-state index in [1.807, 2.05) is 0 Å². The maximum Gasteiger partial charge on any atom is -0.00971 e. The minimum absolute atomic E-state index is 0.725. The molecule has 0 atom stereocenters. The second kappa shape index (κ2) is 3.25. The summed E-state index contributed by atoms with van der Waals surface area (Å²) >= 11 is 0. The van der Waals surface area contributed by atoms with E-state index < -0.39 is 0 Å². The normalized spacial score (nSPS) is 17.6. The van der Waals surface area contributed by atoms with Crippen molar-refractivity contribution in [1.82, 2.24) is 0 Å². The quantitative estimate of drug-likeness (QED) is 0.564. The van der Waals surface area contributed by atoms with E-state index in [0.29, 0.717) is 0 Å². The zero-order valence-corrected chi connectivity index (χ0v) is 8.02. The SMILES string of the molecule is CC(C)C1=CC=C(C(C)C)C1. The van der Waals surface area contributed by atoms with Crippen molar-refractivity contribution in [3.8, 4) is 0 Å². The fourth-order valence-electron chi connectivity index (χ4n) is 1.36.